The lowest BCUT2D eigenvalue weighted by molar-refractivity contribution is -0.121. The van der Waals surface area contributed by atoms with Gasteiger partial charge in [0.15, 0.2) is 5.16 Å². The van der Waals surface area contributed by atoms with Gasteiger partial charge in [0.1, 0.15) is 10.5 Å². The molecule has 2 amide bonds. The molecule has 2 N–H and O–H groups in total. The summed E-state index contributed by atoms with van der Waals surface area (Å²) in [5.74, 6) is -0.759. The molecular formula is C27H27FN4O4S2. The zero-order valence-electron chi connectivity index (χ0n) is 20.6. The van der Waals surface area contributed by atoms with Crippen molar-refractivity contribution in [2.45, 2.75) is 43.5 Å². The summed E-state index contributed by atoms with van der Waals surface area (Å²) in [6, 6.07) is 13.2. The van der Waals surface area contributed by atoms with Gasteiger partial charge in [-0.05, 0) is 49.6 Å². The van der Waals surface area contributed by atoms with E-state index in [9.17, 15) is 18.8 Å². The van der Waals surface area contributed by atoms with E-state index in [1.54, 1.807) is 4.57 Å². The lowest BCUT2D eigenvalue weighted by Gasteiger charge is -2.13. The zero-order valence-corrected chi connectivity index (χ0v) is 22.2. The normalized spacial score (nSPS) is 15.2. The Hall–Kier alpha value is -3.28. The third kappa shape index (κ3) is 6.23. The Bertz CT molecular complexity index is 1510. The second-order valence-corrected chi connectivity index (χ2v) is 11.0. The molecule has 1 aliphatic rings. The van der Waals surface area contributed by atoms with Crippen LogP contribution in [0, 0.1) is 5.82 Å². The van der Waals surface area contributed by atoms with Crippen LogP contribution in [0.3, 0.4) is 0 Å². The van der Waals surface area contributed by atoms with E-state index >= 15 is 0 Å². The highest BCUT2D eigenvalue weighted by molar-refractivity contribution is 7.99. The minimum atomic E-state index is -0.387. The molecule has 11 heteroatoms. The zero-order chi connectivity index (χ0) is 26.5. The van der Waals surface area contributed by atoms with Crippen LogP contribution >= 0.6 is 23.1 Å². The Kier molecular flexibility index (Phi) is 8.35. The van der Waals surface area contributed by atoms with E-state index in [-0.39, 0.29) is 41.5 Å². The van der Waals surface area contributed by atoms with E-state index in [1.165, 1.54) is 35.6 Å². The Labute approximate surface area is 226 Å². The van der Waals surface area contributed by atoms with Crippen LogP contribution in [0.25, 0.3) is 20.3 Å². The number of rotatable bonds is 10. The maximum Gasteiger partial charge on any atom is 0.272 e. The molecule has 2 aromatic carbocycles. The van der Waals surface area contributed by atoms with E-state index in [4.69, 9.17) is 9.72 Å². The molecule has 198 valence electrons. The van der Waals surface area contributed by atoms with Crippen LogP contribution in [0.15, 0.2) is 58.5 Å². The number of nitrogens with one attached hydrogen (secondary N) is 2. The lowest BCUT2D eigenvalue weighted by Crippen LogP contribution is -2.32. The number of anilines is 1. The Morgan fingerprint density at radius 3 is 2.76 bits per heavy atom. The smallest absolute Gasteiger partial charge is 0.272 e. The van der Waals surface area contributed by atoms with Gasteiger partial charge in [0.2, 0.25) is 11.8 Å². The van der Waals surface area contributed by atoms with Crippen LogP contribution in [0.4, 0.5) is 10.1 Å². The number of thioether (sulfide) groups is 1. The van der Waals surface area contributed by atoms with Crippen LogP contribution in [0.5, 0.6) is 0 Å². The first-order chi connectivity index (χ1) is 18.5. The van der Waals surface area contributed by atoms with Crippen molar-refractivity contribution in [3.05, 3.63) is 64.7 Å². The average Bonchev–Trinajstić information content (AvgIpc) is 3.57. The molecule has 0 bridgehead atoms. The van der Waals surface area contributed by atoms with Gasteiger partial charge in [-0.1, -0.05) is 30.0 Å². The number of hydrogen-bond acceptors (Lipinski definition) is 7. The predicted octanol–water partition coefficient (Wildman–Crippen LogP) is 4.56. The maximum absolute atomic E-state index is 13.5. The maximum atomic E-state index is 13.5. The summed E-state index contributed by atoms with van der Waals surface area (Å²) >= 11 is 2.55. The highest BCUT2D eigenvalue weighted by Crippen LogP contribution is 2.32. The second-order valence-electron chi connectivity index (χ2n) is 9.01. The van der Waals surface area contributed by atoms with Crippen molar-refractivity contribution in [3.8, 4) is 0 Å². The largest absolute Gasteiger partial charge is 0.376 e. The molecule has 5 rings (SSSR count). The summed E-state index contributed by atoms with van der Waals surface area (Å²) in [6.45, 7) is 1.53. The van der Waals surface area contributed by atoms with E-state index in [0.717, 1.165) is 41.3 Å². The number of nitrogens with zero attached hydrogens (tertiary/aromatic N) is 2. The summed E-state index contributed by atoms with van der Waals surface area (Å²) in [5.41, 5.74) is 0.913. The van der Waals surface area contributed by atoms with E-state index in [1.807, 2.05) is 24.3 Å². The minimum Gasteiger partial charge on any atom is -0.376 e. The third-order valence-corrected chi connectivity index (χ3v) is 8.37. The first-order valence-corrected chi connectivity index (χ1v) is 14.3. The molecule has 4 aromatic rings. The number of benzene rings is 2. The molecule has 1 saturated heterocycles. The fourth-order valence-electron chi connectivity index (χ4n) is 4.34. The molecule has 0 unspecified atom stereocenters. The Morgan fingerprint density at radius 1 is 1.16 bits per heavy atom. The SMILES string of the molecule is O=C(CCCn1c(SCC(=O)Nc2ccc(F)cc2)nc2c(sc3ccccc32)c1=O)NC[C@H]1CCCO1. The summed E-state index contributed by atoms with van der Waals surface area (Å²) in [7, 11) is 0. The van der Waals surface area contributed by atoms with Gasteiger partial charge in [-0.3, -0.25) is 19.0 Å². The van der Waals surface area contributed by atoms with Crippen molar-refractivity contribution >= 4 is 60.9 Å². The number of halogens is 1. The number of thiophene rings is 1. The molecule has 1 fully saturated rings. The van der Waals surface area contributed by atoms with Gasteiger partial charge < -0.3 is 15.4 Å². The van der Waals surface area contributed by atoms with Crippen LogP contribution in [-0.4, -0.2) is 46.4 Å². The van der Waals surface area contributed by atoms with E-state index in [0.29, 0.717) is 40.6 Å². The number of amides is 2. The van der Waals surface area contributed by atoms with Crippen molar-refractivity contribution in [1.29, 1.82) is 0 Å². The minimum absolute atomic E-state index is 0.0132. The van der Waals surface area contributed by atoms with Gasteiger partial charge >= 0.3 is 0 Å². The summed E-state index contributed by atoms with van der Waals surface area (Å²) in [4.78, 5) is 43.2. The van der Waals surface area contributed by atoms with Crippen molar-refractivity contribution in [2.75, 3.05) is 24.2 Å². The number of aromatic nitrogens is 2. The third-order valence-electron chi connectivity index (χ3n) is 6.24. The Morgan fingerprint density at radius 2 is 1.97 bits per heavy atom. The molecule has 0 spiro atoms. The molecule has 0 aliphatic carbocycles. The molecule has 2 aromatic heterocycles. The standard InChI is InChI=1S/C27H27FN4O4S2/c28-17-9-11-18(12-10-17)30-23(34)16-37-27-31-24-20-6-1-2-7-21(20)38-25(24)26(35)32(27)13-3-8-22(33)29-15-19-5-4-14-36-19/h1-2,6-7,9-12,19H,3-5,8,13-16H2,(H,29,33)(H,30,34)/t19-/m1/s1. The van der Waals surface area contributed by atoms with Gasteiger partial charge in [-0.15, -0.1) is 11.3 Å². The molecule has 0 radical (unpaired) electrons. The number of carbonyl (C=O) groups excluding carboxylic acids is 2. The van der Waals surface area contributed by atoms with Crippen molar-refractivity contribution in [1.82, 2.24) is 14.9 Å². The fourth-order valence-corrected chi connectivity index (χ4v) is 6.25. The predicted molar refractivity (Wildman–Crippen MR) is 148 cm³/mol. The second kappa shape index (κ2) is 12.1. The highest BCUT2D eigenvalue weighted by atomic mass is 32.2. The van der Waals surface area contributed by atoms with E-state index in [2.05, 4.69) is 10.6 Å². The summed E-state index contributed by atoms with van der Waals surface area (Å²) in [6.07, 6.45) is 2.75. The van der Waals surface area contributed by atoms with Gasteiger partial charge in [0, 0.05) is 41.9 Å². The van der Waals surface area contributed by atoms with Gasteiger partial charge in [-0.2, -0.15) is 0 Å². The molecular weight excluding hydrogens is 527 g/mol. The van der Waals surface area contributed by atoms with Crippen LogP contribution in [-0.2, 0) is 20.9 Å². The monoisotopic (exact) mass is 554 g/mol. The van der Waals surface area contributed by atoms with Gasteiger partial charge in [0.05, 0.1) is 17.4 Å². The number of fused-ring (bicyclic) bond motifs is 3. The van der Waals surface area contributed by atoms with Crippen molar-refractivity contribution in [3.63, 3.8) is 0 Å². The molecule has 1 aliphatic heterocycles. The number of ether oxygens (including phenoxy) is 1. The molecule has 0 saturated carbocycles. The fraction of sp³-hybridized carbons (Fsp3) is 0.333. The lowest BCUT2D eigenvalue weighted by atomic mass is 10.2. The Balaban J connectivity index is 1.31. The topological polar surface area (TPSA) is 102 Å². The number of carbonyl (C=O) groups is 2. The van der Waals surface area contributed by atoms with Crippen LogP contribution in [0.2, 0.25) is 0 Å². The highest BCUT2D eigenvalue weighted by Gasteiger charge is 2.19. The number of hydrogen-bond donors (Lipinski definition) is 2. The van der Waals surface area contributed by atoms with Crippen LogP contribution in [0.1, 0.15) is 25.7 Å². The van der Waals surface area contributed by atoms with Crippen molar-refractivity contribution < 1.29 is 18.7 Å². The van der Waals surface area contributed by atoms with Gasteiger partial charge in [-0.25, -0.2) is 9.37 Å². The van der Waals surface area contributed by atoms with Crippen molar-refractivity contribution in [2.24, 2.45) is 0 Å². The summed E-state index contributed by atoms with van der Waals surface area (Å²) in [5, 5.41) is 6.94. The quantitative estimate of drug-likeness (QED) is 0.220. The van der Waals surface area contributed by atoms with E-state index < -0.39 is 0 Å². The molecule has 1 atom stereocenters. The first-order valence-electron chi connectivity index (χ1n) is 12.5. The average molecular weight is 555 g/mol. The molecule has 38 heavy (non-hydrogen) atoms. The summed E-state index contributed by atoms with van der Waals surface area (Å²) < 4.78 is 21.8. The molecule has 3 heterocycles. The van der Waals surface area contributed by atoms with Gasteiger partial charge in [0.25, 0.3) is 5.56 Å². The van der Waals surface area contributed by atoms with Crippen LogP contribution < -0.4 is 16.2 Å². The first kappa shape index (κ1) is 26.3. The molecule has 8 nitrogen and oxygen atoms in total.